The van der Waals surface area contributed by atoms with Crippen LogP contribution in [0.4, 0.5) is 0 Å². The number of carbonyl (C=O) groups is 1. The van der Waals surface area contributed by atoms with Gasteiger partial charge in [0.2, 0.25) is 6.79 Å². The molecule has 24 heavy (non-hydrogen) atoms. The second-order valence-electron chi connectivity index (χ2n) is 5.93. The Morgan fingerprint density at radius 3 is 2.79 bits per heavy atom. The first-order valence-corrected chi connectivity index (χ1v) is 7.67. The molecule has 0 radical (unpaired) electrons. The van der Waals surface area contributed by atoms with E-state index >= 15 is 0 Å². The lowest BCUT2D eigenvalue weighted by Gasteiger charge is -2.13. The highest BCUT2D eigenvalue weighted by Gasteiger charge is 2.25. The number of hydrogen-bond acceptors (Lipinski definition) is 4. The highest BCUT2D eigenvalue weighted by molar-refractivity contribution is 6.09. The molecule has 0 fully saturated rings. The lowest BCUT2D eigenvalue weighted by Crippen LogP contribution is -2.12. The van der Waals surface area contributed by atoms with Gasteiger partial charge in [0.25, 0.3) is 5.91 Å². The average Bonchev–Trinajstić information content (AvgIpc) is 3.19. The molecule has 118 valence electrons. The SMILES string of the molecule is O=C1NCc2c1cc1ccc(O)cc1c2-c1ccc2c(c1)OCO2. The van der Waals surface area contributed by atoms with Crippen molar-refractivity contribution in [3.8, 4) is 28.4 Å². The van der Waals surface area contributed by atoms with Gasteiger partial charge in [-0.3, -0.25) is 4.79 Å². The minimum absolute atomic E-state index is 0.0676. The predicted molar refractivity (Wildman–Crippen MR) is 88.3 cm³/mol. The number of benzene rings is 3. The van der Waals surface area contributed by atoms with Gasteiger partial charge >= 0.3 is 0 Å². The molecular weight excluding hydrogens is 306 g/mol. The second-order valence-corrected chi connectivity index (χ2v) is 5.93. The van der Waals surface area contributed by atoms with E-state index < -0.39 is 0 Å². The molecule has 3 aromatic carbocycles. The van der Waals surface area contributed by atoms with E-state index in [-0.39, 0.29) is 18.4 Å². The lowest BCUT2D eigenvalue weighted by molar-refractivity contribution is 0.0966. The first-order chi connectivity index (χ1) is 11.7. The van der Waals surface area contributed by atoms with E-state index in [1.165, 1.54) is 0 Å². The van der Waals surface area contributed by atoms with Gasteiger partial charge in [-0.05, 0) is 57.8 Å². The summed E-state index contributed by atoms with van der Waals surface area (Å²) in [6, 6.07) is 12.8. The zero-order valence-corrected chi connectivity index (χ0v) is 12.6. The number of rotatable bonds is 1. The molecule has 5 nitrogen and oxygen atoms in total. The number of phenolic OH excluding ortho intramolecular Hbond substituents is 1. The Hall–Kier alpha value is -3.21. The quantitative estimate of drug-likeness (QED) is 0.723. The number of carbonyl (C=O) groups excluding carboxylic acids is 1. The topological polar surface area (TPSA) is 67.8 Å². The molecule has 0 saturated carbocycles. The Morgan fingerprint density at radius 2 is 1.88 bits per heavy atom. The zero-order chi connectivity index (χ0) is 16.3. The normalized spacial score (nSPS) is 14.8. The molecule has 1 amide bonds. The monoisotopic (exact) mass is 319 g/mol. The fourth-order valence-electron chi connectivity index (χ4n) is 3.46. The standard InChI is InChI=1S/C19H13NO4/c21-12-3-1-10-5-14-15(8-20-19(14)22)18(13(10)7-12)11-2-4-16-17(6-11)24-9-23-16/h1-7,21H,8-9H2,(H,20,22). The van der Waals surface area contributed by atoms with Crippen molar-refractivity contribution in [1.29, 1.82) is 0 Å². The summed E-state index contributed by atoms with van der Waals surface area (Å²) in [5.74, 6) is 1.53. The van der Waals surface area contributed by atoms with Gasteiger partial charge in [0, 0.05) is 12.1 Å². The van der Waals surface area contributed by atoms with Crippen LogP contribution in [0.25, 0.3) is 21.9 Å². The maximum atomic E-state index is 12.1. The van der Waals surface area contributed by atoms with E-state index in [0.717, 1.165) is 27.5 Å². The number of fused-ring (bicyclic) bond motifs is 3. The molecule has 2 aliphatic heterocycles. The molecule has 0 aromatic heterocycles. The Kier molecular flexibility index (Phi) is 2.56. The maximum absolute atomic E-state index is 12.1. The van der Waals surface area contributed by atoms with E-state index in [1.807, 2.05) is 30.3 Å². The molecule has 0 saturated heterocycles. The van der Waals surface area contributed by atoms with Crippen molar-refractivity contribution in [3.63, 3.8) is 0 Å². The van der Waals surface area contributed by atoms with Crippen molar-refractivity contribution in [2.45, 2.75) is 6.54 Å². The summed E-state index contributed by atoms with van der Waals surface area (Å²) in [5.41, 5.74) is 3.50. The number of aromatic hydroxyl groups is 1. The Labute approximate surface area is 137 Å². The summed E-state index contributed by atoms with van der Waals surface area (Å²) in [4.78, 5) is 12.1. The van der Waals surface area contributed by atoms with E-state index in [1.54, 1.807) is 12.1 Å². The molecule has 0 spiro atoms. The third-order valence-electron chi connectivity index (χ3n) is 4.56. The predicted octanol–water partition coefficient (Wildman–Crippen LogP) is 3.18. The molecule has 0 bridgehead atoms. The minimum Gasteiger partial charge on any atom is -0.508 e. The number of ether oxygens (including phenoxy) is 2. The lowest BCUT2D eigenvalue weighted by atomic mass is 9.90. The molecule has 3 aromatic rings. The van der Waals surface area contributed by atoms with Gasteiger partial charge in [-0.15, -0.1) is 0 Å². The van der Waals surface area contributed by atoms with Crippen LogP contribution in [0.2, 0.25) is 0 Å². The van der Waals surface area contributed by atoms with E-state index in [9.17, 15) is 9.90 Å². The van der Waals surface area contributed by atoms with Gasteiger partial charge in [0.15, 0.2) is 11.5 Å². The summed E-state index contributed by atoms with van der Waals surface area (Å²) in [7, 11) is 0. The minimum atomic E-state index is -0.0676. The second kappa shape index (κ2) is 4.64. The van der Waals surface area contributed by atoms with Gasteiger partial charge in [-0.25, -0.2) is 0 Å². The van der Waals surface area contributed by atoms with Gasteiger partial charge in [0.05, 0.1) is 0 Å². The van der Waals surface area contributed by atoms with E-state index in [4.69, 9.17) is 9.47 Å². The third-order valence-corrected chi connectivity index (χ3v) is 4.56. The molecule has 2 heterocycles. The maximum Gasteiger partial charge on any atom is 0.251 e. The van der Waals surface area contributed by atoms with Crippen LogP contribution in [0, 0.1) is 0 Å². The summed E-state index contributed by atoms with van der Waals surface area (Å²) in [5, 5.41) is 14.6. The summed E-state index contributed by atoms with van der Waals surface area (Å²) >= 11 is 0. The van der Waals surface area contributed by atoms with Gasteiger partial charge in [0.1, 0.15) is 5.75 Å². The number of amides is 1. The van der Waals surface area contributed by atoms with Crippen molar-refractivity contribution in [2.24, 2.45) is 0 Å². The number of hydrogen-bond donors (Lipinski definition) is 2. The molecule has 5 heteroatoms. The molecule has 2 aliphatic rings. The molecular formula is C19H13NO4. The first kappa shape index (κ1) is 13.2. The smallest absolute Gasteiger partial charge is 0.251 e. The first-order valence-electron chi connectivity index (χ1n) is 7.67. The van der Waals surface area contributed by atoms with Crippen LogP contribution in [-0.4, -0.2) is 17.8 Å². The molecule has 2 N–H and O–H groups in total. The third kappa shape index (κ3) is 1.78. The fourth-order valence-corrected chi connectivity index (χ4v) is 3.46. The molecule has 0 aliphatic carbocycles. The summed E-state index contributed by atoms with van der Waals surface area (Å²) in [6.45, 7) is 0.691. The van der Waals surface area contributed by atoms with E-state index in [2.05, 4.69) is 5.32 Å². The number of phenols is 1. The Morgan fingerprint density at radius 1 is 1.00 bits per heavy atom. The van der Waals surface area contributed by atoms with E-state index in [0.29, 0.717) is 23.6 Å². The van der Waals surface area contributed by atoms with Crippen LogP contribution in [0.15, 0.2) is 42.5 Å². The largest absolute Gasteiger partial charge is 0.508 e. The molecule has 0 atom stereocenters. The van der Waals surface area contributed by atoms with Crippen molar-refractivity contribution in [2.75, 3.05) is 6.79 Å². The highest BCUT2D eigenvalue weighted by Crippen LogP contribution is 2.42. The Balaban J connectivity index is 1.86. The van der Waals surface area contributed by atoms with Crippen molar-refractivity contribution >= 4 is 16.7 Å². The molecule has 5 rings (SSSR count). The zero-order valence-electron chi connectivity index (χ0n) is 12.6. The van der Waals surface area contributed by atoms with Gasteiger partial charge in [-0.2, -0.15) is 0 Å². The van der Waals surface area contributed by atoms with Crippen LogP contribution in [0.3, 0.4) is 0 Å². The van der Waals surface area contributed by atoms with Crippen molar-refractivity contribution < 1.29 is 19.4 Å². The van der Waals surface area contributed by atoms with Crippen molar-refractivity contribution in [1.82, 2.24) is 5.32 Å². The Bertz CT molecular complexity index is 1030. The molecule has 0 unspecified atom stereocenters. The fraction of sp³-hybridized carbons (Fsp3) is 0.105. The van der Waals surface area contributed by atoms with Gasteiger partial charge < -0.3 is 19.9 Å². The number of nitrogens with one attached hydrogen (secondary N) is 1. The van der Waals surface area contributed by atoms with Crippen molar-refractivity contribution in [3.05, 3.63) is 53.6 Å². The summed E-state index contributed by atoms with van der Waals surface area (Å²) in [6.07, 6.45) is 0. The van der Waals surface area contributed by atoms with Crippen LogP contribution in [-0.2, 0) is 6.54 Å². The van der Waals surface area contributed by atoms with Crippen LogP contribution in [0.1, 0.15) is 15.9 Å². The summed E-state index contributed by atoms with van der Waals surface area (Å²) < 4.78 is 10.9. The van der Waals surface area contributed by atoms with Gasteiger partial charge in [-0.1, -0.05) is 12.1 Å². The van der Waals surface area contributed by atoms with Crippen LogP contribution in [0.5, 0.6) is 17.2 Å². The van der Waals surface area contributed by atoms with Crippen LogP contribution < -0.4 is 14.8 Å². The average molecular weight is 319 g/mol. The highest BCUT2D eigenvalue weighted by atomic mass is 16.7. The van der Waals surface area contributed by atoms with Crippen LogP contribution >= 0.6 is 0 Å².